The summed E-state index contributed by atoms with van der Waals surface area (Å²) < 4.78 is 15.5. The van der Waals surface area contributed by atoms with E-state index in [1.54, 1.807) is 12.1 Å². The summed E-state index contributed by atoms with van der Waals surface area (Å²) in [6, 6.07) is 11.0. The Balaban J connectivity index is 1.82. The third-order valence-electron chi connectivity index (χ3n) is 7.53. The normalized spacial score (nSPS) is 15.0. The number of amides is 1. The van der Waals surface area contributed by atoms with E-state index in [0.29, 0.717) is 53.6 Å². The quantitative estimate of drug-likeness (QED) is 0.276. The highest BCUT2D eigenvalue weighted by molar-refractivity contribution is 6.30. The van der Waals surface area contributed by atoms with Gasteiger partial charge in [0.25, 0.3) is 5.56 Å². The molecule has 1 amide bonds. The van der Waals surface area contributed by atoms with Crippen molar-refractivity contribution >= 4 is 28.4 Å². The topological polar surface area (TPSA) is 55.2 Å². The van der Waals surface area contributed by atoms with Crippen molar-refractivity contribution in [3.63, 3.8) is 0 Å². The molecule has 1 aliphatic carbocycles. The van der Waals surface area contributed by atoms with E-state index in [1.807, 2.05) is 24.0 Å². The van der Waals surface area contributed by atoms with Crippen LogP contribution < -0.4 is 5.56 Å². The van der Waals surface area contributed by atoms with Gasteiger partial charge in [-0.05, 0) is 61.4 Å². The molecule has 1 atom stereocenters. The van der Waals surface area contributed by atoms with Crippen molar-refractivity contribution in [3.05, 3.63) is 69.5 Å². The van der Waals surface area contributed by atoms with Gasteiger partial charge in [0.1, 0.15) is 11.6 Å². The first-order valence-electron chi connectivity index (χ1n) is 13.6. The fourth-order valence-electron chi connectivity index (χ4n) is 5.41. The number of rotatable bonds is 10. The van der Waals surface area contributed by atoms with Gasteiger partial charge in [-0.2, -0.15) is 0 Å². The maximum Gasteiger partial charge on any atom is 0.266 e. The van der Waals surface area contributed by atoms with Crippen molar-refractivity contribution in [2.75, 3.05) is 6.54 Å². The molecule has 4 rings (SSSR count). The molecule has 5 nitrogen and oxygen atoms in total. The summed E-state index contributed by atoms with van der Waals surface area (Å²) in [6.45, 7) is 6.90. The molecule has 1 saturated carbocycles. The van der Waals surface area contributed by atoms with E-state index in [9.17, 15) is 14.0 Å². The van der Waals surface area contributed by atoms with Crippen LogP contribution in [0.3, 0.4) is 0 Å². The van der Waals surface area contributed by atoms with Crippen molar-refractivity contribution in [1.82, 2.24) is 14.5 Å². The van der Waals surface area contributed by atoms with E-state index < -0.39 is 11.9 Å². The Morgan fingerprint density at radius 2 is 1.92 bits per heavy atom. The summed E-state index contributed by atoms with van der Waals surface area (Å²) in [5.41, 5.74) is 0.752. The summed E-state index contributed by atoms with van der Waals surface area (Å²) in [5.74, 6) is 1.07. The van der Waals surface area contributed by atoms with Crippen LogP contribution in [-0.4, -0.2) is 26.9 Å². The Morgan fingerprint density at radius 1 is 1.19 bits per heavy atom. The number of hydrogen-bond donors (Lipinski definition) is 0. The third-order valence-corrected chi connectivity index (χ3v) is 7.82. The number of fused-ring (bicyclic) bond motifs is 1. The average molecular weight is 526 g/mol. The second-order valence-corrected chi connectivity index (χ2v) is 11.0. The zero-order valence-electron chi connectivity index (χ0n) is 22.1. The molecule has 1 aromatic heterocycles. The van der Waals surface area contributed by atoms with E-state index in [4.69, 9.17) is 16.6 Å². The molecule has 1 heterocycles. The van der Waals surface area contributed by atoms with Crippen LogP contribution in [0.5, 0.6) is 0 Å². The van der Waals surface area contributed by atoms with Gasteiger partial charge in [-0.3, -0.25) is 14.2 Å². The molecular formula is C30H37ClFN3O2. The van der Waals surface area contributed by atoms with Crippen LogP contribution >= 0.6 is 11.6 Å². The summed E-state index contributed by atoms with van der Waals surface area (Å²) in [5, 5.41) is 0.392. The minimum atomic E-state index is -0.554. The fraction of sp³-hybridized carbons (Fsp3) is 0.500. The molecule has 1 fully saturated rings. The monoisotopic (exact) mass is 525 g/mol. The molecule has 198 valence electrons. The Hall–Kier alpha value is -2.73. The van der Waals surface area contributed by atoms with Crippen molar-refractivity contribution < 1.29 is 9.18 Å². The molecule has 3 aromatic rings. The predicted octanol–water partition coefficient (Wildman–Crippen LogP) is 7.47. The summed E-state index contributed by atoms with van der Waals surface area (Å²) in [7, 11) is 0. The SMILES string of the molecule is CCC(c1nc2ccccc2c(=O)n1-c1ccc(F)c(Cl)c1)N(CCC(C)C)C(=O)CCC1CCCC1. The lowest BCUT2D eigenvalue weighted by atomic mass is 10.00. The van der Waals surface area contributed by atoms with Crippen LogP contribution in [0.25, 0.3) is 16.6 Å². The van der Waals surface area contributed by atoms with Crippen LogP contribution in [0.1, 0.15) is 84.0 Å². The van der Waals surface area contributed by atoms with Gasteiger partial charge in [-0.25, -0.2) is 9.37 Å². The molecular weight excluding hydrogens is 489 g/mol. The smallest absolute Gasteiger partial charge is 0.266 e. The van der Waals surface area contributed by atoms with E-state index in [-0.39, 0.29) is 16.5 Å². The number of hydrogen-bond acceptors (Lipinski definition) is 3. The highest BCUT2D eigenvalue weighted by atomic mass is 35.5. The number of para-hydroxylation sites is 1. The van der Waals surface area contributed by atoms with E-state index in [0.717, 1.165) is 12.8 Å². The van der Waals surface area contributed by atoms with E-state index in [1.165, 1.54) is 48.4 Å². The number of carbonyl (C=O) groups excluding carboxylic acids is 1. The largest absolute Gasteiger partial charge is 0.332 e. The van der Waals surface area contributed by atoms with Gasteiger partial charge in [0, 0.05) is 13.0 Å². The summed E-state index contributed by atoms with van der Waals surface area (Å²) >= 11 is 6.13. The van der Waals surface area contributed by atoms with Crippen molar-refractivity contribution in [1.29, 1.82) is 0 Å². The molecule has 2 aromatic carbocycles. The Morgan fingerprint density at radius 3 is 2.59 bits per heavy atom. The van der Waals surface area contributed by atoms with Gasteiger partial charge in [-0.1, -0.05) is 70.2 Å². The Bertz CT molecular complexity index is 1300. The van der Waals surface area contributed by atoms with Gasteiger partial charge in [0.2, 0.25) is 5.91 Å². The van der Waals surface area contributed by atoms with Crippen LogP contribution in [0.4, 0.5) is 4.39 Å². The molecule has 0 spiro atoms. The third kappa shape index (κ3) is 6.23. The standard InChI is InChI=1S/C30H37ClFN3O2/c1-4-27(34(18-17-20(2)3)28(36)16-13-21-9-5-6-10-21)29-33-26-12-8-7-11-23(26)30(37)35(29)22-14-15-25(32)24(31)19-22/h7-8,11-12,14-15,19-21,27H,4-6,9-10,13,16-18H2,1-3H3. The number of halogens is 2. The first-order chi connectivity index (χ1) is 17.8. The van der Waals surface area contributed by atoms with Crippen LogP contribution in [-0.2, 0) is 4.79 Å². The molecule has 1 aliphatic rings. The first-order valence-corrected chi connectivity index (χ1v) is 13.9. The summed E-state index contributed by atoms with van der Waals surface area (Å²) in [6.07, 6.45) is 7.75. The predicted molar refractivity (Wildman–Crippen MR) is 148 cm³/mol. The van der Waals surface area contributed by atoms with Gasteiger partial charge < -0.3 is 4.90 Å². The van der Waals surface area contributed by atoms with Crippen molar-refractivity contribution in [2.24, 2.45) is 11.8 Å². The van der Waals surface area contributed by atoms with Crippen molar-refractivity contribution in [3.8, 4) is 5.69 Å². The molecule has 0 bridgehead atoms. The minimum Gasteiger partial charge on any atom is -0.332 e. The van der Waals surface area contributed by atoms with Gasteiger partial charge in [0.05, 0.1) is 27.7 Å². The highest BCUT2D eigenvalue weighted by Crippen LogP contribution is 2.32. The maximum atomic E-state index is 14.0. The van der Waals surface area contributed by atoms with Crippen molar-refractivity contribution in [2.45, 2.75) is 78.2 Å². The first kappa shape index (κ1) is 27.3. The summed E-state index contributed by atoms with van der Waals surface area (Å²) in [4.78, 5) is 34.4. The van der Waals surface area contributed by atoms with Crippen LogP contribution in [0, 0.1) is 17.7 Å². The molecule has 7 heteroatoms. The van der Waals surface area contributed by atoms with E-state index >= 15 is 0 Å². The van der Waals surface area contributed by atoms with Gasteiger partial charge in [0.15, 0.2) is 0 Å². The lowest BCUT2D eigenvalue weighted by molar-refractivity contribution is -0.134. The molecule has 0 aliphatic heterocycles. The lowest BCUT2D eigenvalue weighted by Crippen LogP contribution is -2.39. The minimum absolute atomic E-state index is 0.0686. The molecule has 1 unspecified atom stereocenters. The zero-order chi connectivity index (χ0) is 26.5. The number of benzene rings is 2. The zero-order valence-corrected chi connectivity index (χ0v) is 22.8. The Kier molecular flexibility index (Phi) is 9.01. The van der Waals surface area contributed by atoms with Crippen LogP contribution in [0.15, 0.2) is 47.3 Å². The maximum absolute atomic E-state index is 14.0. The molecule has 0 saturated heterocycles. The van der Waals surface area contributed by atoms with E-state index in [2.05, 4.69) is 13.8 Å². The second-order valence-electron chi connectivity index (χ2n) is 10.6. The number of aromatic nitrogens is 2. The Labute approximate surface area is 223 Å². The van der Waals surface area contributed by atoms with Crippen LogP contribution in [0.2, 0.25) is 5.02 Å². The van der Waals surface area contributed by atoms with Gasteiger partial charge >= 0.3 is 0 Å². The average Bonchev–Trinajstić information content (AvgIpc) is 3.40. The number of carbonyl (C=O) groups is 1. The lowest BCUT2D eigenvalue weighted by Gasteiger charge is -2.33. The number of nitrogens with zero attached hydrogens (tertiary/aromatic N) is 3. The molecule has 0 N–H and O–H groups in total. The molecule has 0 radical (unpaired) electrons. The van der Waals surface area contributed by atoms with Gasteiger partial charge in [-0.15, -0.1) is 0 Å². The highest BCUT2D eigenvalue weighted by Gasteiger charge is 2.30. The second kappa shape index (κ2) is 12.2. The fourth-order valence-corrected chi connectivity index (χ4v) is 5.59. The molecule has 37 heavy (non-hydrogen) atoms.